The molecule has 0 bridgehead atoms. The van der Waals surface area contributed by atoms with E-state index in [-0.39, 0.29) is 6.42 Å². The monoisotopic (exact) mass is 262 g/mol. The number of carbonyl (C=O) groups is 2. The Bertz CT molecular complexity index is 389. The molecule has 0 saturated carbocycles. The number of hydrogen-bond acceptors (Lipinski definition) is 4. The van der Waals surface area contributed by atoms with Gasteiger partial charge in [0, 0.05) is 4.11 Å². The second-order valence-corrected chi connectivity index (χ2v) is 6.57. The van der Waals surface area contributed by atoms with Crippen LogP contribution in [0.25, 0.3) is 0 Å². The molecule has 106 valence electrons. The van der Waals surface area contributed by atoms with E-state index in [0.29, 0.717) is 0 Å². The van der Waals surface area contributed by atoms with E-state index in [4.69, 9.17) is 8.85 Å². The minimum atomic E-state index is -2.79. The summed E-state index contributed by atoms with van der Waals surface area (Å²) in [5.41, 5.74) is -3.85. The first-order chi connectivity index (χ1) is 8.99. The average molecular weight is 262 g/mol. The van der Waals surface area contributed by atoms with Gasteiger partial charge in [-0.1, -0.05) is 20.8 Å². The Morgan fingerprint density at radius 1 is 1.22 bits per heavy atom. The normalized spacial score (nSPS) is 19.1. The molecule has 18 heavy (non-hydrogen) atoms. The van der Waals surface area contributed by atoms with Crippen LogP contribution in [-0.4, -0.2) is 35.2 Å². The van der Waals surface area contributed by atoms with Gasteiger partial charge in [0.1, 0.15) is 5.60 Å². The molecular formula is C13H25NO4. The van der Waals surface area contributed by atoms with Crippen LogP contribution in [0, 0.1) is 5.41 Å². The van der Waals surface area contributed by atoms with Gasteiger partial charge in [-0.15, -0.1) is 0 Å². The number of hydrogen-bond donors (Lipinski definition) is 2. The summed E-state index contributed by atoms with van der Waals surface area (Å²) in [5.74, 6) is -2.67. The van der Waals surface area contributed by atoms with Gasteiger partial charge in [-0.05, 0) is 39.6 Å². The quantitative estimate of drug-likeness (QED) is 0.597. The van der Waals surface area contributed by atoms with Crippen molar-refractivity contribution in [2.45, 2.75) is 59.1 Å². The second-order valence-electron chi connectivity index (χ2n) is 6.57. The van der Waals surface area contributed by atoms with Gasteiger partial charge in [0.05, 0.1) is 0 Å². The molecule has 0 spiro atoms. The number of nitrogens with one attached hydrogen (secondary N) is 1. The maximum absolute atomic E-state index is 12.4. The Morgan fingerprint density at radius 3 is 2.00 bits per heavy atom. The molecule has 0 saturated heterocycles. The van der Waals surface area contributed by atoms with Crippen molar-refractivity contribution in [1.29, 1.82) is 0 Å². The van der Waals surface area contributed by atoms with Crippen molar-refractivity contribution in [2.75, 3.05) is 6.98 Å². The largest absolute Gasteiger partial charge is 0.479 e. The summed E-state index contributed by atoms with van der Waals surface area (Å²) >= 11 is 0. The molecule has 0 unspecified atom stereocenters. The molecule has 0 aliphatic rings. The molecule has 0 aliphatic heterocycles. The topological polar surface area (TPSA) is 75.6 Å². The van der Waals surface area contributed by atoms with Crippen molar-refractivity contribution in [3.63, 3.8) is 0 Å². The lowest BCUT2D eigenvalue weighted by molar-refractivity contribution is -0.172. The minimum absolute atomic E-state index is 0.220. The van der Waals surface area contributed by atoms with Crippen molar-refractivity contribution in [3.8, 4) is 0 Å². The molecule has 0 aromatic heterocycles. The van der Waals surface area contributed by atoms with Crippen LogP contribution in [0.3, 0.4) is 0 Å². The van der Waals surface area contributed by atoms with E-state index in [9.17, 15) is 14.7 Å². The molecule has 5 heteroatoms. The lowest BCUT2D eigenvalue weighted by Crippen LogP contribution is -2.60. The molecule has 5 nitrogen and oxygen atoms in total. The zero-order valence-corrected chi connectivity index (χ0v) is 11.9. The first kappa shape index (κ1) is 12.0. The van der Waals surface area contributed by atoms with Gasteiger partial charge in [-0.3, -0.25) is 5.32 Å². The van der Waals surface area contributed by atoms with E-state index < -0.39 is 35.5 Å². The van der Waals surface area contributed by atoms with E-state index in [1.54, 1.807) is 41.5 Å². The first-order valence-electron chi connectivity index (χ1n) is 7.25. The molecule has 0 fully saturated rings. The molecule has 0 rings (SSSR count). The highest BCUT2D eigenvalue weighted by Crippen LogP contribution is 2.29. The van der Waals surface area contributed by atoms with Gasteiger partial charge >= 0.3 is 11.9 Å². The predicted octanol–water partition coefficient (Wildman–Crippen LogP) is 1.81. The van der Waals surface area contributed by atoms with Crippen LogP contribution in [0.15, 0.2) is 0 Å². The van der Waals surface area contributed by atoms with Crippen molar-refractivity contribution in [1.82, 2.24) is 5.32 Å². The summed E-state index contributed by atoms with van der Waals surface area (Å²) in [6, 6.07) is 0. The fraction of sp³-hybridized carbons (Fsp3) is 0.846. The number of carboxylic acid groups (broad SMARTS) is 1. The number of ether oxygens (including phenoxy) is 1. The van der Waals surface area contributed by atoms with E-state index in [0.717, 1.165) is 0 Å². The van der Waals surface area contributed by atoms with Gasteiger partial charge in [-0.2, -0.15) is 0 Å². The van der Waals surface area contributed by atoms with Gasteiger partial charge in [-0.25, -0.2) is 9.59 Å². The van der Waals surface area contributed by atoms with Crippen LogP contribution in [0.1, 0.15) is 52.1 Å². The van der Waals surface area contributed by atoms with E-state index >= 15 is 0 Å². The second kappa shape index (κ2) is 5.26. The van der Waals surface area contributed by atoms with Crippen LogP contribution in [0.4, 0.5) is 0 Å². The standard InChI is InChI=1S/C13H25NO4/c1-11(2,3)8-13(14-7,9(15)16)10(17)18-12(4,5)6/h14H,8H2,1-7H3,(H,15,16)/t13-/m0/s1/i7D3. The summed E-state index contributed by atoms with van der Waals surface area (Å²) in [5, 5.41) is 11.5. The number of esters is 1. The number of rotatable bonds is 4. The van der Waals surface area contributed by atoms with Crippen molar-refractivity contribution >= 4 is 11.9 Å². The maximum atomic E-state index is 12.4. The number of carbonyl (C=O) groups excluding carboxylic acids is 1. The number of carboxylic acids is 1. The van der Waals surface area contributed by atoms with Gasteiger partial charge in [0.15, 0.2) is 0 Å². The van der Waals surface area contributed by atoms with E-state index in [1.165, 1.54) is 0 Å². The van der Waals surface area contributed by atoms with E-state index in [2.05, 4.69) is 0 Å². The summed E-state index contributed by atoms with van der Waals surface area (Å²) in [4.78, 5) is 24.1. The molecule has 0 aliphatic carbocycles. The first-order valence-corrected chi connectivity index (χ1v) is 5.75. The van der Waals surface area contributed by atoms with Crippen LogP contribution in [0.2, 0.25) is 0 Å². The molecule has 0 heterocycles. The van der Waals surface area contributed by atoms with Crippen molar-refractivity contribution in [2.24, 2.45) is 5.41 Å². The minimum Gasteiger partial charge on any atom is -0.479 e. The fourth-order valence-electron chi connectivity index (χ4n) is 1.54. The SMILES string of the molecule is [2H]C([2H])([2H])N[C@@](CC(C)(C)C)(C(=O)O)C(=O)OC(C)(C)C. The molecule has 2 N–H and O–H groups in total. The van der Waals surface area contributed by atoms with Crippen LogP contribution in [-0.2, 0) is 14.3 Å². The molecule has 1 atom stereocenters. The highest BCUT2D eigenvalue weighted by molar-refractivity contribution is 6.04. The Hall–Kier alpha value is -1.10. The number of likely N-dealkylation sites (N-methyl/N-ethyl adjacent to an activating group) is 1. The maximum Gasteiger partial charge on any atom is 0.338 e. The summed E-state index contributed by atoms with van der Waals surface area (Å²) < 4.78 is 26.9. The Kier molecular flexibility index (Phi) is 3.50. The molecular weight excluding hydrogens is 234 g/mol. The third-order valence-electron chi connectivity index (χ3n) is 2.12. The highest BCUT2D eigenvalue weighted by Gasteiger charge is 2.50. The fourth-order valence-corrected chi connectivity index (χ4v) is 1.54. The zero-order valence-electron chi connectivity index (χ0n) is 14.9. The zero-order chi connectivity index (χ0) is 17.3. The smallest absolute Gasteiger partial charge is 0.338 e. The number of aliphatic carboxylic acids is 1. The van der Waals surface area contributed by atoms with Crippen LogP contribution < -0.4 is 5.32 Å². The third-order valence-corrected chi connectivity index (χ3v) is 2.12. The van der Waals surface area contributed by atoms with Gasteiger partial charge in [0.25, 0.3) is 0 Å². The lowest BCUT2D eigenvalue weighted by atomic mass is 9.79. The lowest BCUT2D eigenvalue weighted by Gasteiger charge is -2.35. The summed E-state index contributed by atoms with van der Waals surface area (Å²) in [6.07, 6.45) is -0.220. The molecule has 0 radical (unpaired) electrons. The van der Waals surface area contributed by atoms with Crippen molar-refractivity contribution in [3.05, 3.63) is 0 Å². The highest BCUT2D eigenvalue weighted by atomic mass is 16.6. The van der Waals surface area contributed by atoms with Crippen LogP contribution in [0.5, 0.6) is 0 Å². The van der Waals surface area contributed by atoms with E-state index in [1.807, 2.05) is 5.32 Å². The Morgan fingerprint density at radius 2 is 1.72 bits per heavy atom. The summed E-state index contributed by atoms with van der Waals surface area (Å²) in [6.45, 7) is 7.13. The molecule has 0 aromatic carbocycles. The Balaban J connectivity index is 5.80. The Labute approximate surface area is 113 Å². The summed E-state index contributed by atoms with van der Waals surface area (Å²) in [7, 11) is 0. The van der Waals surface area contributed by atoms with Crippen LogP contribution >= 0.6 is 0 Å². The molecule has 0 amide bonds. The third kappa shape index (κ3) is 4.64. The molecule has 0 aromatic rings. The average Bonchev–Trinajstić information content (AvgIpc) is 2.07. The van der Waals surface area contributed by atoms with Gasteiger partial charge in [0.2, 0.25) is 5.54 Å². The predicted molar refractivity (Wildman–Crippen MR) is 69.3 cm³/mol. The van der Waals surface area contributed by atoms with Crippen molar-refractivity contribution < 1.29 is 23.5 Å². The van der Waals surface area contributed by atoms with Gasteiger partial charge < -0.3 is 9.84 Å².